The van der Waals surface area contributed by atoms with Gasteiger partial charge in [0.25, 0.3) is 0 Å². The van der Waals surface area contributed by atoms with Crippen LogP contribution in [-0.2, 0) is 18.5 Å². The fraction of sp³-hybridized carbons (Fsp3) is 0.429. The number of methoxy groups -OCH3 is 1. The van der Waals surface area contributed by atoms with Crippen LogP contribution in [0, 0.1) is 0 Å². The Morgan fingerprint density at radius 1 is 1.23 bits per heavy atom. The molecule has 2 aliphatic rings. The van der Waals surface area contributed by atoms with Gasteiger partial charge in [0.1, 0.15) is 12.4 Å². The number of para-hydroxylation sites is 1. The van der Waals surface area contributed by atoms with Crippen LogP contribution in [-0.4, -0.2) is 35.1 Å². The average Bonchev–Trinajstić information content (AvgIpc) is 3.01. The summed E-state index contributed by atoms with van der Waals surface area (Å²) in [6.07, 6.45) is 4.21. The van der Waals surface area contributed by atoms with Crippen LogP contribution in [0.1, 0.15) is 43.4 Å². The van der Waals surface area contributed by atoms with Crippen LogP contribution in [0.5, 0.6) is 11.5 Å². The Morgan fingerprint density at radius 3 is 2.85 bits per heavy atom. The van der Waals surface area contributed by atoms with Gasteiger partial charge in [-0.2, -0.15) is 0 Å². The van der Waals surface area contributed by atoms with Crippen molar-refractivity contribution in [2.75, 3.05) is 20.3 Å². The van der Waals surface area contributed by atoms with Crippen molar-refractivity contribution in [1.82, 2.24) is 14.9 Å². The third-order valence-electron chi connectivity index (χ3n) is 4.81. The zero-order chi connectivity index (χ0) is 18.3. The first kappa shape index (κ1) is 17.0. The molecule has 0 saturated carbocycles. The summed E-state index contributed by atoms with van der Waals surface area (Å²) in [6.45, 7) is 9.67. The lowest BCUT2D eigenvalue weighted by Crippen LogP contribution is -2.23. The maximum atomic E-state index is 5.96. The van der Waals surface area contributed by atoms with Gasteiger partial charge in [-0.3, -0.25) is 4.90 Å². The predicted octanol–water partition coefficient (Wildman–Crippen LogP) is 3.57. The molecule has 2 aliphatic heterocycles. The molecule has 136 valence electrons. The minimum absolute atomic E-state index is 0.0229. The third-order valence-corrected chi connectivity index (χ3v) is 4.81. The maximum absolute atomic E-state index is 5.96. The molecule has 1 aromatic carbocycles. The quantitative estimate of drug-likeness (QED) is 0.846. The standard InChI is InChI=1S/C21H25N3O2/c1-21(2,3)20-22-9-16-11-24(12-17(16)23-20)10-14-8-15-6-5-7-18(25-4)19(15)26-13-14/h5-9H,10-13H2,1-4H3. The summed E-state index contributed by atoms with van der Waals surface area (Å²) in [5.41, 5.74) is 4.71. The van der Waals surface area contributed by atoms with E-state index in [2.05, 4.69) is 42.8 Å². The van der Waals surface area contributed by atoms with E-state index in [4.69, 9.17) is 14.5 Å². The topological polar surface area (TPSA) is 47.5 Å². The van der Waals surface area contributed by atoms with Gasteiger partial charge in [-0.15, -0.1) is 0 Å². The van der Waals surface area contributed by atoms with Gasteiger partial charge in [-0.25, -0.2) is 9.97 Å². The van der Waals surface area contributed by atoms with Crippen LogP contribution in [0.3, 0.4) is 0 Å². The molecule has 26 heavy (non-hydrogen) atoms. The first-order chi connectivity index (χ1) is 12.4. The van der Waals surface area contributed by atoms with E-state index in [1.54, 1.807) is 7.11 Å². The average molecular weight is 351 g/mol. The molecular weight excluding hydrogens is 326 g/mol. The SMILES string of the molecule is COc1cccc2c1OCC(CN1Cc3cnc(C(C)(C)C)nc3C1)=C2. The largest absolute Gasteiger partial charge is 0.493 e. The molecule has 1 aromatic heterocycles. The van der Waals surface area contributed by atoms with Crippen molar-refractivity contribution in [3.05, 3.63) is 52.6 Å². The number of hydrogen-bond donors (Lipinski definition) is 0. The van der Waals surface area contributed by atoms with Gasteiger partial charge >= 0.3 is 0 Å². The van der Waals surface area contributed by atoms with E-state index in [0.717, 1.165) is 48.2 Å². The minimum atomic E-state index is -0.0229. The van der Waals surface area contributed by atoms with Gasteiger partial charge in [0.2, 0.25) is 0 Å². The molecule has 0 spiro atoms. The van der Waals surface area contributed by atoms with Crippen molar-refractivity contribution in [3.8, 4) is 11.5 Å². The minimum Gasteiger partial charge on any atom is -0.493 e. The molecule has 0 fully saturated rings. The van der Waals surface area contributed by atoms with E-state index < -0.39 is 0 Å². The van der Waals surface area contributed by atoms with Crippen LogP contribution in [0.4, 0.5) is 0 Å². The number of benzene rings is 1. The molecule has 0 bridgehead atoms. The van der Waals surface area contributed by atoms with Gasteiger partial charge in [-0.05, 0) is 17.7 Å². The maximum Gasteiger partial charge on any atom is 0.168 e. The highest BCUT2D eigenvalue weighted by Gasteiger charge is 2.26. The van der Waals surface area contributed by atoms with Crippen molar-refractivity contribution < 1.29 is 9.47 Å². The zero-order valence-corrected chi connectivity index (χ0v) is 15.9. The summed E-state index contributed by atoms with van der Waals surface area (Å²) in [7, 11) is 1.67. The fourth-order valence-electron chi connectivity index (χ4n) is 3.46. The Hall–Kier alpha value is -2.40. The fourth-order valence-corrected chi connectivity index (χ4v) is 3.46. The summed E-state index contributed by atoms with van der Waals surface area (Å²) in [4.78, 5) is 11.8. The Morgan fingerprint density at radius 2 is 2.08 bits per heavy atom. The molecule has 0 N–H and O–H groups in total. The second-order valence-electron chi connectivity index (χ2n) is 8.03. The predicted molar refractivity (Wildman–Crippen MR) is 101 cm³/mol. The van der Waals surface area contributed by atoms with Crippen LogP contribution >= 0.6 is 0 Å². The van der Waals surface area contributed by atoms with E-state index in [-0.39, 0.29) is 5.41 Å². The molecule has 4 rings (SSSR count). The Labute approximate surface area is 154 Å². The molecule has 2 aromatic rings. The Kier molecular flexibility index (Phi) is 4.19. The number of hydrogen-bond acceptors (Lipinski definition) is 5. The van der Waals surface area contributed by atoms with Crippen molar-refractivity contribution in [3.63, 3.8) is 0 Å². The lowest BCUT2D eigenvalue weighted by molar-refractivity contribution is 0.272. The van der Waals surface area contributed by atoms with Gasteiger partial charge in [0, 0.05) is 42.4 Å². The molecular formula is C21H25N3O2. The first-order valence-electron chi connectivity index (χ1n) is 9.01. The van der Waals surface area contributed by atoms with E-state index in [0.29, 0.717) is 6.61 Å². The molecule has 0 aliphatic carbocycles. The molecule has 0 saturated heterocycles. The smallest absolute Gasteiger partial charge is 0.168 e. The van der Waals surface area contributed by atoms with Gasteiger partial charge < -0.3 is 9.47 Å². The second kappa shape index (κ2) is 6.40. The number of fused-ring (bicyclic) bond motifs is 2. The summed E-state index contributed by atoms with van der Waals surface area (Å²) in [5.74, 6) is 2.54. The van der Waals surface area contributed by atoms with Crippen molar-refractivity contribution in [2.24, 2.45) is 0 Å². The molecule has 0 amide bonds. The van der Waals surface area contributed by atoms with Gasteiger partial charge in [0.15, 0.2) is 11.5 Å². The van der Waals surface area contributed by atoms with Crippen molar-refractivity contribution in [1.29, 1.82) is 0 Å². The van der Waals surface area contributed by atoms with Crippen LogP contribution in [0.2, 0.25) is 0 Å². The van der Waals surface area contributed by atoms with E-state index in [1.807, 2.05) is 18.3 Å². The van der Waals surface area contributed by atoms with Crippen LogP contribution < -0.4 is 9.47 Å². The van der Waals surface area contributed by atoms with Crippen molar-refractivity contribution >= 4 is 6.08 Å². The number of aromatic nitrogens is 2. The highest BCUT2D eigenvalue weighted by Crippen LogP contribution is 2.36. The lowest BCUT2D eigenvalue weighted by Gasteiger charge is -2.23. The van der Waals surface area contributed by atoms with Crippen molar-refractivity contribution in [2.45, 2.75) is 39.3 Å². The highest BCUT2D eigenvalue weighted by atomic mass is 16.5. The third kappa shape index (κ3) is 3.19. The second-order valence-corrected chi connectivity index (χ2v) is 8.03. The van der Waals surface area contributed by atoms with Crippen LogP contribution in [0.15, 0.2) is 30.0 Å². The normalized spacial score (nSPS) is 16.5. The lowest BCUT2D eigenvalue weighted by atomic mass is 9.95. The van der Waals surface area contributed by atoms with Gasteiger partial charge in [-0.1, -0.05) is 32.9 Å². The zero-order valence-electron chi connectivity index (χ0n) is 15.9. The molecule has 0 atom stereocenters. The van der Waals surface area contributed by atoms with E-state index in [9.17, 15) is 0 Å². The molecule has 0 unspecified atom stereocenters. The summed E-state index contributed by atoms with van der Waals surface area (Å²) in [5, 5.41) is 0. The Balaban J connectivity index is 1.50. The highest BCUT2D eigenvalue weighted by molar-refractivity contribution is 5.66. The summed E-state index contributed by atoms with van der Waals surface area (Å²) < 4.78 is 11.3. The molecule has 5 heteroatoms. The molecule has 0 radical (unpaired) electrons. The Bertz CT molecular complexity index is 868. The monoisotopic (exact) mass is 351 g/mol. The summed E-state index contributed by atoms with van der Waals surface area (Å²) >= 11 is 0. The molecule has 5 nitrogen and oxygen atoms in total. The van der Waals surface area contributed by atoms with Crippen LogP contribution in [0.25, 0.3) is 6.08 Å². The number of nitrogens with zero attached hydrogens (tertiary/aromatic N) is 3. The number of rotatable bonds is 3. The van der Waals surface area contributed by atoms with Gasteiger partial charge in [0.05, 0.1) is 12.8 Å². The van der Waals surface area contributed by atoms with E-state index in [1.165, 1.54) is 11.1 Å². The number of ether oxygens (including phenoxy) is 2. The first-order valence-corrected chi connectivity index (χ1v) is 9.01. The molecule has 3 heterocycles. The van der Waals surface area contributed by atoms with E-state index >= 15 is 0 Å². The summed E-state index contributed by atoms with van der Waals surface area (Å²) in [6, 6.07) is 5.99.